The number of rotatable bonds is 4. The SMILES string of the molecule is O=C(O)c1ccn(CCSC(F)(F)F)c1. The molecule has 0 amide bonds. The van der Waals surface area contributed by atoms with E-state index in [0.29, 0.717) is 0 Å². The van der Waals surface area contributed by atoms with Crippen LogP contribution in [0.1, 0.15) is 10.4 Å². The molecule has 0 atom stereocenters. The number of aromatic carboxylic acids is 1. The lowest BCUT2D eigenvalue weighted by atomic mass is 10.4. The largest absolute Gasteiger partial charge is 0.478 e. The highest BCUT2D eigenvalue weighted by atomic mass is 32.2. The van der Waals surface area contributed by atoms with E-state index in [1.165, 1.54) is 23.0 Å². The van der Waals surface area contributed by atoms with E-state index in [2.05, 4.69) is 0 Å². The van der Waals surface area contributed by atoms with Crippen LogP contribution in [0.3, 0.4) is 0 Å². The quantitative estimate of drug-likeness (QED) is 0.877. The maximum absolute atomic E-state index is 11.8. The molecule has 1 rings (SSSR count). The predicted octanol–water partition coefficient (Wildman–Crippen LogP) is 2.44. The number of thioether (sulfide) groups is 1. The smallest absolute Gasteiger partial charge is 0.441 e. The zero-order chi connectivity index (χ0) is 11.5. The molecule has 3 nitrogen and oxygen atoms in total. The van der Waals surface area contributed by atoms with Gasteiger partial charge in [0.2, 0.25) is 0 Å². The van der Waals surface area contributed by atoms with Gasteiger partial charge in [0.1, 0.15) is 0 Å². The minimum absolute atomic E-state index is 0.0759. The molecule has 0 aliphatic carbocycles. The van der Waals surface area contributed by atoms with Crippen molar-refractivity contribution in [1.82, 2.24) is 4.57 Å². The highest BCUT2D eigenvalue weighted by Gasteiger charge is 2.27. The van der Waals surface area contributed by atoms with Gasteiger partial charge in [-0.3, -0.25) is 0 Å². The molecular weight excluding hydrogens is 231 g/mol. The minimum atomic E-state index is -4.23. The Hall–Kier alpha value is -1.11. The molecule has 0 spiro atoms. The van der Waals surface area contributed by atoms with Crippen molar-refractivity contribution in [1.29, 1.82) is 0 Å². The molecule has 0 radical (unpaired) electrons. The molecule has 1 aromatic heterocycles. The lowest BCUT2D eigenvalue weighted by Gasteiger charge is -2.05. The first-order valence-corrected chi connectivity index (χ1v) is 4.97. The van der Waals surface area contributed by atoms with Crippen LogP contribution in [0.5, 0.6) is 0 Å². The van der Waals surface area contributed by atoms with Crippen LogP contribution in [0.2, 0.25) is 0 Å². The van der Waals surface area contributed by atoms with Crippen molar-refractivity contribution in [3.8, 4) is 0 Å². The molecule has 1 aromatic rings. The molecule has 84 valence electrons. The molecule has 1 heterocycles. The molecule has 1 N–H and O–H groups in total. The van der Waals surface area contributed by atoms with Crippen LogP contribution in [0.25, 0.3) is 0 Å². The summed E-state index contributed by atoms with van der Waals surface area (Å²) >= 11 is -0.122. The molecule has 15 heavy (non-hydrogen) atoms. The standard InChI is InChI=1S/C8H8F3NO2S/c9-8(10,11)15-4-3-12-2-1-6(5-12)7(13)14/h1-2,5H,3-4H2,(H,13,14). The Morgan fingerprint density at radius 3 is 2.67 bits per heavy atom. The monoisotopic (exact) mass is 239 g/mol. The van der Waals surface area contributed by atoms with Crippen LogP contribution >= 0.6 is 11.8 Å². The fourth-order valence-corrected chi connectivity index (χ4v) is 1.51. The number of nitrogens with zero attached hydrogens (tertiary/aromatic N) is 1. The van der Waals surface area contributed by atoms with Crippen molar-refractivity contribution in [3.63, 3.8) is 0 Å². The van der Waals surface area contributed by atoms with Gasteiger partial charge in [0.25, 0.3) is 0 Å². The molecule has 0 saturated heterocycles. The van der Waals surface area contributed by atoms with Crippen LogP contribution in [0.4, 0.5) is 13.2 Å². The maximum atomic E-state index is 11.8. The van der Waals surface area contributed by atoms with Gasteiger partial charge in [0.05, 0.1) is 5.56 Å². The third-order valence-corrected chi connectivity index (χ3v) is 2.33. The van der Waals surface area contributed by atoms with Crippen LogP contribution in [-0.4, -0.2) is 26.9 Å². The summed E-state index contributed by atoms with van der Waals surface area (Å²) in [6.45, 7) is 0.136. The molecule has 0 unspecified atom stereocenters. The van der Waals surface area contributed by atoms with Gasteiger partial charge in [-0.25, -0.2) is 4.79 Å². The number of carboxylic acids is 1. The lowest BCUT2D eigenvalue weighted by Crippen LogP contribution is -2.05. The van der Waals surface area contributed by atoms with Gasteiger partial charge in [-0.1, -0.05) is 0 Å². The second-order valence-corrected chi connectivity index (χ2v) is 3.90. The summed E-state index contributed by atoms with van der Waals surface area (Å²) in [5.41, 5.74) is -4.16. The zero-order valence-electron chi connectivity index (χ0n) is 7.49. The first-order chi connectivity index (χ1) is 6.88. The van der Waals surface area contributed by atoms with E-state index < -0.39 is 11.5 Å². The van der Waals surface area contributed by atoms with Gasteiger partial charge in [-0.15, -0.1) is 0 Å². The summed E-state index contributed by atoms with van der Waals surface area (Å²) in [6, 6.07) is 1.35. The van der Waals surface area contributed by atoms with E-state index in [4.69, 9.17) is 5.11 Å². The maximum Gasteiger partial charge on any atom is 0.441 e. The fourth-order valence-electron chi connectivity index (χ4n) is 0.973. The average molecular weight is 239 g/mol. The first-order valence-electron chi connectivity index (χ1n) is 3.98. The molecule has 0 fully saturated rings. The number of carboxylic acid groups (broad SMARTS) is 1. The van der Waals surface area contributed by atoms with Crippen LogP contribution in [0.15, 0.2) is 18.5 Å². The molecule has 0 aliphatic heterocycles. The normalized spacial score (nSPS) is 11.7. The van der Waals surface area contributed by atoms with Gasteiger partial charge in [-0.2, -0.15) is 13.2 Å². The zero-order valence-corrected chi connectivity index (χ0v) is 8.31. The molecule has 0 saturated carbocycles. The summed E-state index contributed by atoms with van der Waals surface area (Å²) < 4.78 is 36.7. The van der Waals surface area contributed by atoms with Crippen molar-refractivity contribution in [2.24, 2.45) is 0 Å². The number of carbonyl (C=O) groups is 1. The average Bonchev–Trinajstić information content (AvgIpc) is 2.50. The summed E-state index contributed by atoms with van der Waals surface area (Å²) in [6.07, 6.45) is 2.75. The van der Waals surface area contributed by atoms with E-state index in [9.17, 15) is 18.0 Å². The topological polar surface area (TPSA) is 42.2 Å². The highest BCUT2D eigenvalue weighted by molar-refractivity contribution is 8.00. The molecule has 0 bridgehead atoms. The Bertz CT molecular complexity index is 348. The summed E-state index contributed by atoms with van der Waals surface area (Å²) in [5.74, 6) is -1.21. The van der Waals surface area contributed by atoms with E-state index in [-0.39, 0.29) is 29.6 Å². The van der Waals surface area contributed by atoms with Gasteiger partial charge >= 0.3 is 11.5 Å². The predicted molar refractivity (Wildman–Crippen MR) is 49.9 cm³/mol. The van der Waals surface area contributed by atoms with Gasteiger partial charge in [0.15, 0.2) is 0 Å². The summed E-state index contributed by atoms with van der Waals surface area (Å²) in [7, 11) is 0. The van der Waals surface area contributed by atoms with E-state index in [1.54, 1.807) is 0 Å². The Labute approximate surface area is 87.9 Å². The lowest BCUT2D eigenvalue weighted by molar-refractivity contribution is -0.0328. The van der Waals surface area contributed by atoms with Crippen LogP contribution in [-0.2, 0) is 6.54 Å². The van der Waals surface area contributed by atoms with E-state index in [0.717, 1.165) is 0 Å². The Balaban J connectivity index is 2.41. The van der Waals surface area contributed by atoms with Crippen LogP contribution < -0.4 is 0 Å². The second-order valence-electron chi connectivity index (χ2n) is 2.74. The van der Waals surface area contributed by atoms with Gasteiger partial charge in [0, 0.05) is 24.7 Å². The number of aryl methyl sites for hydroxylation is 1. The Morgan fingerprint density at radius 1 is 1.53 bits per heavy atom. The first kappa shape index (κ1) is 12.0. The number of halogens is 3. The number of hydrogen-bond donors (Lipinski definition) is 1. The van der Waals surface area contributed by atoms with E-state index >= 15 is 0 Å². The molecule has 0 aliphatic rings. The minimum Gasteiger partial charge on any atom is -0.478 e. The van der Waals surface area contributed by atoms with Crippen LogP contribution in [0, 0.1) is 0 Å². The highest BCUT2D eigenvalue weighted by Crippen LogP contribution is 2.29. The summed E-state index contributed by atoms with van der Waals surface area (Å²) in [5, 5.41) is 8.55. The van der Waals surface area contributed by atoms with Crippen molar-refractivity contribution in [3.05, 3.63) is 24.0 Å². The van der Waals surface area contributed by atoms with E-state index in [1.807, 2.05) is 0 Å². The van der Waals surface area contributed by atoms with Gasteiger partial charge < -0.3 is 9.67 Å². The number of hydrogen-bond acceptors (Lipinski definition) is 2. The fraction of sp³-hybridized carbons (Fsp3) is 0.375. The second kappa shape index (κ2) is 4.61. The molecule has 7 heteroatoms. The Morgan fingerprint density at radius 2 is 2.20 bits per heavy atom. The molecular formula is C8H8F3NO2S. The number of alkyl halides is 3. The van der Waals surface area contributed by atoms with Crippen molar-refractivity contribution >= 4 is 17.7 Å². The van der Waals surface area contributed by atoms with Crippen molar-refractivity contribution in [2.75, 3.05) is 5.75 Å². The Kier molecular flexibility index (Phi) is 3.67. The van der Waals surface area contributed by atoms with Gasteiger partial charge in [-0.05, 0) is 17.8 Å². The summed E-state index contributed by atoms with van der Waals surface area (Å²) in [4.78, 5) is 10.4. The number of aromatic nitrogens is 1. The van der Waals surface area contributed by atoms with Crippen molar-refractivity contribution < 1.29 is 23.1 Å². The molecule has 0 aromatic carbocycles. The van der Waals surface area contributed by atoms with Crippen molar-refractivity contribution in [2.45, 2.75) is 12.1 Å². The third kappa shape index (κ3) is 4.28. The third-order valence-electron chi connectivity index (χ3n) is 1.61.